The quantitative estimate of drug-likeness (QED) is 0.894. The van der Waals surface area contributed by atoms with E-state index in [9.17, 15) is 10.4 Å². The fourth-order valence-corrected chi connectivity index (χ4v) is 3.42. The van der Waals surface area contributed by atoms with E-state index in [2.05, 4.69) is 21.5 Å². The maximum Gasteiger partial charge on any atom is 0.144 e. The molecule has 2 aliphatic rings. The molecule has 0 bridgehead atoms. The Morgan fingerprint density at radius 2 is 2.32 bits per heavy atom. The molecule has 0 spiro atoms. The first kappa shape index (κ1) is 13.3. The summed E-state index contributed by atoms with van der Waals surface area (Å²) >= 11 is 0. The van der Waals surface area contributed by atoms with Gasteiger partial charge in [0.15, 0.2) is 0 Å². The van der Waals surface area contributed by atoms with Crippen molar-refractivity contribution >= 4 is 5.82 Å². The maximum atomic E-state index is 10.0. The van der Waals surface area contributed by atoms with E-state index >= 15 is 0 Å². The second-order valence-electron chi connectivity index (χ2n) is 5.99. The molecule has 4 rings (SSSR count). The molecule has 6 heteroatoms. The number of aliphatic hydroxyl groups is 1. The number of fused-ring (bicyclic) bond motifs is 1. The zero-order chi connectivity index (χ0) is 15.1. The Hall–Kier alpha value is -2.39. The van der Waals surface area contributed by atoms with Gasteiger partial charge in [0.1, 0.15) is 11.9 Å². The van der Waals surface area contributed by atoms with Gasteiger partial charge in [-0.1, -0.05) is 0 Å². The molecule has 2 heterocycles. The second-order valence-corrected chi connectivity index (χ2v) is 5.99. The summed E-state index contributed by atoms with van der Waals surface area (Å²) < 4.78 is 1.77. The first-order valence-corrected chi connectivity index (χ1v) is 7.63. The van der Waals surface area contributed by atoms with Crippen molar-refractivity contribution < 1.29 is 5.11 Å². The fraction of sp³-hybridized carbons (Fsp3) is 0.438. The molecule has 1 saturated carbocycles. The van der Waals surface area contributed by atoms with E-state index in [1.54, 1.807) is 10.9 Å². The van der Waals surface area contributed by atoms with Crippen LogP contribution in [0.2, 0.25) is 0 Å². The van der Waals surface area contributed by atoms with E-state index in [1.807, 2.05) is 18.3 Å². The third kappa shape index (κ3) is 2.06. The van der Waals surface area contributed by atoms with Gasteiger partial charge in [0, 0.05) is 18.1 Å². The average molecular weight is 295 g/mol. The molecule has 0 saturated heterocycles. The van der Waals surface area contributed by atoms with Crippen molar-refractivity contribution in [2.45, 2.75) is 43.9 Å². The van der Waals surface area contributed by atoms with E-state index < -0.39 is 6.10 Å². The van der Waals surface area contributed by atoms with E-state index in [4.69, 9.17) is 0 Å². The Bertz CT molecular complexity index is 734. The largest absolute Gasteiger partial charge is 0.391 e. The summed E-state index contributed by atoms with van der Waals surface area (Å²) in [6, 6.07) is 5.95. The Morgan fingerprint density at radius 1 is 1.41 bits per heavy atom. The molecule has 2 aliphatic carbocycles. The molecule has 2 N–H and O–H groups in total. The number of anilines is 1. The third-order valence-electron chi connectivity index (χ3n) is 4.63. The van der Waals surface area contributed by atoms with Crippen LogP contribution in [0.3, 0.4) is 0 Å². The lowest BCUT2D eigenvalue weighted by Gasteiger charge is -2.42. The van der Waals surface area contributed by atoms with Crippen molar-refractivity contribution in [3.8, 4) is 6.07 Å². The van der Waals surface area contributed by atoms with Crippen LogP contribution in [0.25, 0.3) is 0 Å². The van der Waals surface area contributed by atoms with Crippen LogP contribution in [0.1, 0.15) is 35.7 Å². The average Bonchev–Trinajstić information content (AvgIpc) is 3.16. The minimum Gasteiger partial charge on any atom is -0.391 e. The second kappa shape index (κ2) is 5.11. The zero-order valence-corrected chi connectivity index (χ0v) is 12.1. The summed E-state index contributed by atoms with van der Waals surface area (Å²) in [4.78, 5) is 4.64. The molecular weight excluding hydrogens is 278 g/mol. The van der Waals surface area contributed by atoms with Crippen molar-refractivity contribution in [3.05, 3.63) is 41.3 Å². The van der Waals surface area contributed by atoms with Crippen LogP contribution in [0.5, 0.6) is 0 Å². The molecule has 0 unspecified atom stereocenters. The van der Waals surface area contributed by atoms with Gasteiger partial charge < -0.3 is 10.4 Å². The lowest BCUT2D eigenvalue weighted by atomic mass is 9.83. The summed E-state index contributed by atoms with van der Waals surface area (Å²) in [6.07, 6.45) is 6.86. The molecule has 1 fully saturated rings. The van der Waals surface area contributed by atoms with Crippen LogP contribution in [-0.4, -0.2) is 32.0 Å². The van der Waals surface area contributed by atoms with Gasteiger partial charge in [0.25, 0.3) is 0 Å². The summed E-state index contributed by atoms with van der Waals surface area (Å²) in [5.41, 5.74) is 2.87. The highest BCUT2D eigenvalue weighted by atomic mass is 16.3. The van der Waals surface area contributed by atoms with Crippen molar-refractivity contribution in [1.29, 1.82) is 5.26 Å². The van der Waals surface area contributed by atoms with E-state index in [0.717, 1.165) is 25.0 Å². The molecule has 2 aromatic rings. The highest BCUT2D eigenvalue weighted by molar-refractivity contribution is 5.56. The summed E-state index contributed by atoms with van der Waals surface area (Å²) in [6.45, 7) is 0. The van der Waals surface area contributed by atoms with Crippen molar-refractivity contribution in [2.24, 2.45) is 0 Å². The van der Waals surface area contributed by atoms with Gasteiger partial charge in [-0.25, -0.2) is 4.98 Å². The minimum absolute atomic E-state index is 0.0361. The lowest BCUT2D eigenvalue weighted by Crippen LogP contribution is -2.51. The number of aliphatic hydroxyl groups excluding tert-OH is 1. The van der Waals surface area contributed by atoms with E-state index in [0.29, 0.717) is 17.8 Å². The number of hydrogen-bond donors (Lipinski definition) is 2. The Labute approximate surface area is 128 Å². The monoisotopic (exact) mass is 295 g/mol. The SMILES string of the molecule is N#Cc1cc2c(nc1N[C@H]1C[C@@H](O)[C@@H]1n1cccn1)CCC2. The minimum atomic E-state index is -0.419. The predicted molar refractivity (Wildman–Crippen MR) is 80.3 cm³/mol. The molecule has 0 aliphatic heterocycles. The number of pyridine rings is 1. The zero-order valence-electron chi connectivity index (χ0n) is 12.1. The van der Waals surface area contributed by atoms with E-state index in [1.165, 1.54) is 5.56 Å². The van der Waals surface area contributed by atoms with Gasteiger partial charge in [0.05, 0.1) is 23.8 Å². The van der Waals surface area contributed by atoms with Crippen LogP contribution < -0.4 is 5.32 Å². The molecule has 112 valence electrons. The molecule has 2 aromatic heterocycles. The smallest absolute Gasteiger partial charge is 0.144 e. The molecule has 0 aromatic carbocycles. The predicted octanol–water partition coefficient (Wildman–Crippen LogP) is 1.42. The molecule has 3 atom stereocenters. The number of aryl methyl sites for hydroxylation is 2. The number of nitriles is 1. The number of nitrogens with zero attached hydrogens (tertiary/aromatic N) is 4. The van der Waals surface area contributed by atoms with Gasteiger partial charge in [-0.3, -0.25) is 4.68 Å². The van der Waals surface area contributed by atoms with Gasteiger partial charge >= 0.3 is 0 Å². The lowest BCUT2D eigenvalue weighted by molar-refractivity contribution is 0.0133. The molecule has 22 heavy (non-hydrogen) atoms. The Kier molecular flexibility index (Phi) is 3.09. The van der Waals surface area contributed by atoms with Crippen molar-refractivity contribution in [2.75, 3.05) is 5.32 Å². The highest BCUT2D eigenvalue weighted by Gasteiger charge is 2.42. The van der Waals surface area contributed by atoms with Gasteiger partial charge in [-0.2, -0.15) is 10.4 Å². The van der Waals surface area contributed by atoms with Crippen LogP contribution in [0.15, 0.2) is 24.5 Å². The standard InChI is InChI=1S/C16H17N5O/c17-9-11-7-10-3-1-4-12(10)19-16(11)20-13-8-14(22)15(13)21-6-2-5-18-21/h2,5-7,13-15,22H,1,3-4,8H2,(H,19,20)/t13-,14+,15+/m0/s1. The normalized spacial score (nSPS) is 26.1. The fourth-order valence-electron chi connectivity index (χ4n) is 3.42. The summed E-state index contributed by atoms with van der Waals surface area (Å²) in [7, 11) is 0. The summed E-state index contributed by atoms with van der Waals surface area (Å²) in [5.74, 6) is 0.636. The van der Waals surface area contributed by atoms with Crippen LogP contribution in [-0.2, 0) is 12.8 Å². The van der Waals surface area contributed by atoms with Gasteiger partial charge in [-0.05, 0) is 43.4 Å². The van der Waals surface area contributed by atoms with Crippen LogP contribution in [0.4, 0.5) is 5.82 Å². The molecule has 0 radical (unpaired) electrons. The highest BCUT2D eigenvalue weighted by Crippen LogP contribution is 2.35. The first-order chi connectivity index (χ1) is 10.8. The number of nitrogens with one attached hydrogen (secondary N) is 1. The maximum absolute atomic E-state index is 10.0. The van der Waals surface area contributed by atoms with Gasteiger partial charge in [-0.15, -0.1) is 0 Å². The van der Waals surface area contributed by atoms with Gasteiger partial charge in [0.2, 0.25) is 0 Å². The van der Waals surface area contributed by atoms with Crippen LogP contribution >= 0.6 is 0 Å². The van der Waals surface area contributed by atoms with Crippen molar-refractivity contribution in [3.63, 3.8) is 0 Å². The molecule has 6 nitrogen and oxygen atoms in total. The topological polar surface area (TPSA) is 86.8 Å². The summed E-state index contributed by atoms with van der Waals surface area (Å²) in [5, 5.41) is 26.9. The number of aromatic nitrogens is 3. The van der Waals surface area contributed by atoms with Crippen molar-refractivity contribution in [1.82, 2.24) is 14.8 Å². The Morgan fingerprint density at radius 3 is 3.05 bits per heavy atom. The van der Waals surface area contributed by atoms with E-state index in [-0.39, 0.29) is 12.1 Å². The number of hydrogen-bond acceptors (Lipinski definition) is 5. The molecular formula is C16H17N5O. The first-order valence-electron chi connectivity index (χ1n) is 7.63. The molecule has 0 amide bonds. The third-order valence-corrected chi connectivity index (χ3v) is 4.63. The van der Waals surface area contributed by atoms with Crippen LogP contribution in [0, 0.1) is 11.3 Å². The number of rotatable bonds is 3. The Balaban J connectivity index is 1.60.